The minimum atomic E-state index is 0. The molecule has 1 unspecified atom stereocenters. The molecule has 124 valence electrons. The summed E-state index contributed by atoms with van der Waals surface area (Å²) in [6.07, 6.45) is 0.971. The zero-order chi connectivity index (χ0) is 15.5. The maximum absolute atomic E-state index is 12.6. The summed E-state index contributed by atoms with van der Waals surface area (Å²) in [6.45, 7) is 9.15. The molecule has 0 saturated carbocycles. The Kier molecular flexibility index (Phi) is 6.69. The zero-order valence-corrected chi connectivity index (χ0v) is 14.5. The summed E-state index contributed by atoms with van der Waals surface area (Å²) < 4.78 is 5.69. The minimum Gasteiger partial charge on any atom is -0.493 e. The van der Waals surface area contributed by atoms with Crippen molar-refractivity contribution in [3.8, 4) is 5.75 Å². The van der Waals surface area contributed by atoms with Gasteiger partial charge >= 0.3 is 0 Å². The monoisotopic (exact) mass is 326 g/mol. The average Bonchev–Trinajstić information content (AvgIpc) is 2.88. The Hall–Kier alpha value is -1.26. The van der Waals surface area contributed by atoms with Crippen molar-refractivity contribution in [1.29, 1.82) is 0 Å². The standard InChI is InChI=1S/C17H26N2O2.ClH/c1-13(2)10-21-15-6-4-5-14(9-15)16(20)19-8-7-17(3,11-18)12-19;/h4-6,9,13H,7-8,10-12,18H2,1-3H3;1H. The summed E-state index contributed by atoms with van der Waals surface area (Å²) in [4.78, 5) is 14.5. The van der Waals surface area contributed by atoms with Crippen LogP contribution in [0.15, 0.2) is 24.3 Å². The maximum Gasteiger partial charge on any atom is 0.254 e. The van der Waals surface area contributed by atoms with E-state index in [0.29, 0.717) is 24.6 Å². The second-order valence-corrected chi connectivity index (χ2v) is 6.72. The van der Waals surface area contributed by atoms with Gasteiger partial charge in [0.05, 0.1) is 6.61 Å². The number of likely N-dealkylation sites (tertiary alicyclic amines) is 1. The van der Waals surface area contributed by atoms with Crippen LogP contribution < -0.4 is 10.5 Å². The van der Waals surface area contributed by atoms with Crippen molar-refractivity contribution in [1.82, 2.24) is 4.90 Å². The van der Waals surface area contributed by atoms with E-state index in [4.69, 9.17) is 10.5 Å². The lowest BCUT2D eigenvalue weighted by atomic mass is 9.90. The van der Waals surface area contributed by atoms with Crippen LogP contribution in [0.1, 0.15) is 37.6 Å². The highest BCUT2D eigenvalue weighted by molar-refractivity contribution is 5.94. The number of hydrogen-bond donors (Lipinski definition) is 1. The first-order valence-corrected chi connectivity index (χ1v) is 7.66. The van der Waals surface area contributed by atoms with Gasteiger partial charge in [-0.2, -0.15) is 0 Å². The molecule has 1 atom stereocenters. The van der Waals surface area contributed by atoms with E-state index in [1.165, 1.54) is 0 Å². The Morgan fingerprint density at radius 3 is 2.77 bits per heavy atom. The normalized spacial score (nSPS) is 20.9. The number of halogens is 1. The number of benzene rings is 1. The summed E-state index contributed by atoms with van der Waals surface area (Å²) in [5.74, 6) is 1.30. The molecule has 5 heteroatoms. The molecule has 2 N–H and O–H groups in total. The first-order valence-electron chi connectivity index (χ1n) is 7.66. The number of amides is 1. The third kappa shape index (κ3) is 4.62. The lowest BCUT2D eigenvalue weighted by Gasteiger charge is -2.22. The van der Waals surface area contributed by atoms with Crippen LogP contribution in [-0.2, 0) is 0 Å². The number of nitrogens with two attached hydrogens (primary N) is 1. The molecule has 1 aromatic carbocycles. The fourth-order valence-corrected chi connectivity index (χ4v) is 2.53. The van der Waals surface area contributed by atoms with Gasteiger partial charge in [0.15, 0.2) is 0 Å². The van der Waals surface area contributed by atoms with Crippen molar-refractivity contribution >= 4 is 18.3 Å². The van der Waals surface area contributed by atoms with Crippen LogP contribution in [0.3, 0.4) is 0 Å². The van der Waals surface area contributed by atoms with Gasteiger partial charge in [0.2, 0.25) is 0 Å². The molecular weight excluding hydrogens is 300 g/mol. The van der Waals surface area contributed by atoms with Crippen molar-refractivity contribution < 1.29 is 9.53 Å². The summed E-state index contributed by atoms with van der Waals surface area (Å²) in [5.41, 5.74) is 6.55. The van der Waals surface area contributed by atoms with Crippen LogP contribution >= 0.6 is 12.4 Å². The molecule has 22 heavy (non-hydrogen) atoms. The van der Waals surface area contributed by atoms with E-state index in [9.17, 15) is 4.79 Å². The van der Waals surface area contributed by atoms with Crippen molar-refractivity contribution in [3.63, 3.8) is 0 Å². The first kappa shape index (κ1) is 18.8. The molecule has 0 radical (unpaired) electrons. The molecule has 1 heterocycles. The van der Waals surface area contributed by atoms with Gasteiger partial charge in [0.25, 0.3) is 5.91 Å². The molecule has 0 bridgehead atoms. The van der Waals surface area contributed by atoms with Crippen LogP contribution in [0.4, 0.5) is 0 Å². The largest absolute Gasteiger partial charge is 0.493 e. The molecule has 0 spiro atoms. The van der Waals surface area contributed by atoms with Gasteiger partial charge in [-0.25, -0.2) is 0 Å². The quantitative estimate of drug-likeness (QED) is 0.905. The molecule has 1 aromatic rings. The zero-order valence-electron chi connectivity index (χ0n) is 13.7. The first-order chi connectivity index (χ1) is 9.93. The van der Waals surface area contributed by atoms with Crippen molar-refractivity contribution in [2.24, 2.45) is 17.1 Å². The maximum atomic E-state index is 12.6. The summed E-state index contributed by atoms with van der Waals surface area (Å²) in [7, 11) is 0. The van der Waals surface area contributed by atoms with Gasteiger partial charge in [0.1, 0.15) is 5.75 Å². The van der Waals surface area contributed by atoms with E-state index >= 15 is 0 Å². The Morgan fingerprint density at radius 1 is 1.45 bits per heavy atom. The third-order valence-corrected chi connectivity index (χ3v) is 4.00. The van der Waals surface area contributed by atoms with Gasteiger partial charge in [-0.3, -0.25) is 4.79 Å². The molecule has 2 rings (SSSR count). The van der Waals surface area contributed by atoms with Crippen LogP contribution in [0, 0.1) is 11.3 Å². The van der Waals surface area contributed by atoms with E-state index in [-0.39, 0.29) is 23.7 Å². The fourth-order valence-electron chi connectivity index (χ4n) is 2.53. The smallest absolute Gasteiger partial charge is 0.254 e. The summed E-state index contributed by atoms with van der Waals surface area (Å²) >= 11 is 0. The molecule has 0 aromatic heterocycles. The molecule has 1 aliphatic rings. The molecule has 1 amide bonds. The van der Waals surface area contributed by atoms with Gasteiger partial charge in [-0.05, 0) is 42.5 Å². The van der Waals surface area contributed by atoms with Gasteiger partial charge < -0.3 is 15.4 Å². The molecular formula is C17H27ClN2O2. The highest BCUT2D eigenvalue weighted by Gasteiger charge is 2.35. The molecule has 4 nitrogen and oxygen atoms in total. The Morgan fingerprint density at radius 2 is 2.18 bits per heavy atom. The van der Waals surface area contributed by atoms with Crippen LogP contribution in [0.5, 0.6) is 5.75 Å². The molecule has 1 fully saturated rings. The van der Waals surface area contributed by atoms with Gasteiger partial charge in [0, 0.05) is 18.7 Å². The number of ether oxygens (including phenoxy) is 1. The SMILES string of the molecule is CC(C)COc1cccc(C(=O)N2CCC(C)(CN)C2)c1.Cl. The second-order valence-electron chi connectivity index (χ2n) is 6.72. The average molecular weight is 327 g/mol. The summed E-state index contributed by atoms with van der Waals surface area (Å²) in [5, 5.41) is 0. The lowest BCUT2D eigenvalue weighted by molar-refractivity contribution is 0.0776. The highest BCUT2D eigenvalue weighted by Crippen LogP contribution is 2.29. The van der Waals surface area contributed by atoms with Crippen LogP contribution in [0.25, 0.3) is 0 Å². The number of rotatable bonds is 5. The Bertz CT molecular complexity index is 507. The predicted molar refractivity (Wildman–Crippen MR) is 91.7 cm³/mol. The lowest BCUT2D eigenvalue weighted by Crippen LogP contribution is -2.34. The third-order valence-electron chi connectivity index (χ3n) is 4.00. The number of carbonyl (C=O) groups is 1. The number of hydrogen-bond acceptors (Lipinski definition) is 3. The van der Waals surface area contributed by atoms with Crippen molar-refractivity contribution in [2.45, 2.75) is 27.2 Å². The molecule has 0 aliphatic carbocycles. The molecule has 1 saturated heterocycles. The molecule has 1 aliphatic heterocycles. The highest BCUT2D eigenvalue weighted by atomic mass is 35.5. The topological polar surface area (TPSA) is 55.6 Å². The van der Waals surface area contributed by atoms with Crippen LogP contribution in [-0.4, -0.2) is 37.0 Å². The summed E-state index contributed by atoms with van der Waals surface area (Å²) in [6, 6.07) is 7.46. The van der Waals surface area contributed by atoms with E-state index in [1.54, 1.807) is 0 Å². The van der Waals surface area contributed by atoms with E-state index in [0.717, 1.165) is 25.3 Å². The van der Waals surface area contributed by atoms with Gasteiger partial charge in [-0.15, -0.1) is 12.4 Å². The Labute approximate surface area is 139 Å². The Balaban J connectivity index is 0.00000242. The minimum absolute atomic E-state index is 0. The van der Waals surface area contributed by atoms with Gasteiger partial charge in [-0.1, -0.05) is 26.8 Å². The van der Waals surface area contributed by atoms with E-state index in [2.05, 4.69) is 20.8 Å². The fraction of sp³-hybridized carbons (Fsp3) is 0.588. The second kappa shape index (κ2) is 7.84. The van der Waals surface area contributed by atoms with Crippen molar-refractivity contribution in [3.05, 3.63) is 29.8 Å². The van der Waals surface area contributed by atoms with E-state index in [1.807, 2.05) is 29.2 Å². The number of carbonyl (C=O) groups excluding carboxylic acids is 1. The predicted octanol–water partition coefficient (Wildman–Crippen LogP) is 2.95. The van der Waals surface area contributed by atoms with E-state index < -0.39 is 0 Å². The van der Waals surface area contributed by atoms with Crippen molar-refractivity contribution in [2.75, 3.05) is 26.2 Å². The number of nitrogens with zero attached hydrogens (tertiary/aromatic N) is 1. The van der Waals surface area contributed by atoms with Crippen LogP contribution in [0.2, 0.25) is 0 Å².